The van der Waals surface area contributed by atoms with Gasteiger partial charge in [-0.3, -0.25) is 5.73 Å². The van der Waals surface area contributed by atoms with Crippen LogP contribution in [0.15, 0.2) is 0 Å². The summed E-state index contributed by atoms with van der Waals surface area (Å²) in [7, 11) is 0. The molecule has 2 unspecified atom stereocenters. The van der Waals surface area contributed by atoms with Crippen LogP contribution >= 0.6 is 0 Å². The Morgan fingerprint density at radius 2 is 2.14 bits per heavy atom. The fraction of sp³-hybridized carbons (Fsp3) is 1.00. The number of hydrogen-bond acceptors (Lipinski definition) is 1. The van der Waals surface area contributed by atoms with Gasteiger partial charge in [-0.15, -0.1) is 0 Å². The van der Waals surface area contributed by atoms with Crippen LogP contribution in [0.4, 0.5) is 0 Å². The van der Waals surface area contributed by atoms with E-state index in [-0.39, 0.29) is 6.04 Å². The van der Waals surface area contributed by atoms with Gasteiger partial charge in [0.1, 0.15) is 0 Å². The van der Waals surface area contributed by atoms with Crippen LogP contribution in [0.25, 0.3) is 0 Å². The standard InChI is InChI=1S/C5H11N2/c6-4-1-2-5(7)3-4/h4-6H,1-3,7H2. The van der Waals surface area contributed by atoms with Crippen LogP contribution in [0.1, 0.15) is 19.3 Å². The molecule has 0 heterocycles. The largest absolute Gasteiger partial charge is 0.328 e. The SMILES string of the molecule is [NH]C1CCC(N)C1. The van der Waals surface area contributed by atoms with Crippen molar-refractivity contribution < 1.29 is 0 Å². The summed E-state index contributed by atoms with van der Waals surface area (Å²) in [5, 5.41) is 0. The second-order valence-corrected chi connectivity index (χ2v) is 2.27. The molecule has 1 aliphatic carbocycles. The number of nitrogens with one attached hydrogen (secondary N) is 1. The summed E-state index contributed by atoms with van der Waals surface area (Å²) in [4.78, 5) is 0. The summed E-state index contributed by atoms with van der Waals surface area (Å²) in [6.45, 7) is 0. The summed E-state index contributed by atoms with van der Waals surface area (Å²) in [6.07, 6.45) is 3.00. The number of rotatable bonds is 0. The van der Waals surface area contributed by atoms with Crippen molar-refractivity contribution in [2.45, 2.75) is 31.3 Å². The molecule has 0 saturated heterocycles. The highest BCUT2D eigenvalue weighted by Gasteiger charge is 2.17. The predicted octanol–water partition coefficient (Wildman–Crippen LogP) is 0.149. The zero-order valence-corrected chi connectivity index (χ0v) is 4.35. The Bertz CT molecular complexity index is 55.1. The Balaban J connectivity index is 2.26. The maximum absolute atomic E-state index is 7.18. The molecule has 0 aliphatic heterocycles. The molecule has 1 fully saturated rings. The molecule has 41 valence electrons. The molecule has 7 heavy (non-hydrogen) atoms. The zero-order valence-electron chi connectivity index (χ0n) is 4.35. The highest BCUT2D eigenvalue weighted by atomic mass is 14.7. The van der Waals surface area contributed by atoms with Crippen LogP contribution in [0.5, 0.6) is 0 Å². The molecular weight excluding hydrogens is 88.1 g/mol. The van der Waals surface area contributed by atoms with E-state index in [1.165, 1.54) is 0 Å². The van der Waals surface area contributed by atoms with E-state index in [4.69, 9.17) is 11.5 Å². The second-order valence-electron chi connectivity index (χ2n) is 2.27. The average molecular weight is 99.2 g/mol. The molecule has 1 radical (unpaired) electrons. The lowest BCUT2D eigenvalue weighted by Gasteiger charge is -1.96. The molecule has 1 saturated carbocycles. The van der Waals surface area contributed by atoms with Crippen LogP contribution < -0.4 is 11.5 Å². The first-order chi connectivity index (χ1) is 3.29. The predicted molar refractivity (Wildman–Crippen MR) is 28.7 cm³/mol. The van der Waals surface area contributed by atoms with E-state index in [1.54, 1.807) is 0 Å². The fourth-order valence-corrected chi connectivity index (χ4v) is 1.02. The summed E-state index contributed by atoms with van der Waals surface area (Å²) in [5.74, 6) is 0. The lowest BCUT2D eigenvalue weighted by Crippen LogP contribution is -2.16. The van der Waals surface area contributed by atoms with Crippen LogP contribution in [-0.4, -0.2) is 12.1 Å². The van der Waals surface area contributed by atoms with Gasteiger partial charge in [0, 0.05) is 12.1 Å². The molecule has 0 amide bonds. The Morgan fingerprint density at radius 3 is 2.29 bits per heavy atom. The molecule has 1 rings (SSSR count). The highest BCUT2D eigenvalue weighted by Crippen LogP contribution is 2.15. The quantitative estimate of drug-likeness (QED) is 0.461. The van der Waals surface area contributed by atoms with Crippen molar-refractivity contribution >= 4 is 0 Å². The maximum Gasteiger partial charge on any atom is 0.0228 e. The van der Waals surface area contributed by atoms with Gasteiger partial charge in [0.05, 0.1) is 0 Å². The van der Waals surface area contributed by atoms with Crippen molar-refractivity contribution in [3.63, 3.8) is 0 Å². The van der Waals surface area contributed by atoms with E-state index in [9.17, 15) is 0 Å². The summed E-state index contributed by atoms with van der Waals surface area (Å²) in [5.41, 5.74) is 12.7. The minimum absolute atomic E-state index is 0.148. The van der Waals surface area contributed by atoms with Crippen molar-refractivity contribution in [3.8, 4) is 0 Å². The number of nitrogens with two attached hydrogens (primary N) is 1. The van der Waals surface area contributed by atoms with E-state index in [1.807, 2.05) is 0 Å². The van der Waals surface area contributed by atoms with Crippen LogP contribution in [-0.2, 0) is 0 Å². The summed E-state index contributed by atoms with van der Waals surface area (Å²) >= 11 is 0. The molecular formula is C5H11N2. The van der Waals surface area contributed by atoms with E-state index in [2.05, 4.69) is 0 Å². The van der Waals surface area contributed by atoms with Gasteiger partial charge in [-0.1, -0.05) is 0 Å². The topological polar surface area (TPSA) is 49.8 Å². The first-order valence-electron chi connectivity index (χ1n) is 2.76. The smallest absolute Gasteiger partial charge is 0.0228 e. The molecule has 0 aromatic rings. The molecule has 1 aliphatic rings. The Kier molecular flexibility index (Phi) is 1.30. The van der Waals surface area contributed by atoms with Gasteiger partial charge in [0.2, 0.25) is 0 Å². The van der Waals surface area contributed by atoms with Crippen molar-refractivity contribution in [2.75, 3.05) is 0 Å². The minimum atomic E-state index is 0.148. The van der Waals surface area contributed by atoms with Crippen LogP contribution in [0.3, 0.4) is 0 Å². The molecule has 0 aromatic heterocycles. The van der Waals surface area contributed by atoms with Crippen molar-refractivity contribution in [1.82, 2.24) is 5.73 Å². The van der Waals surface area contributed by atoms with E-state index in [0.717, 1.165) is 19.3 Å². The van der Waals surface area contributed by atoms with Gasteiger partial charge >= 0.3 is 0 Å². The molecule has 0 spiro atoms. The third-order valence-electron chi connectivity index (χ3n) is 1.47. The Morgan fingerprint density at radius 1 is 1.43 bits per heavy atom. The minimum Gasteiger partial charge on any atom is -0.328 e. The fourth-order valence-electron chi connectivity index (χ4n) is 1.02. The molecule has 0 bridgehead atoms. The van der Waals surface area contributed by atoms with E-state index < -0.39 is 0 Å². The molecule has 3 N–H and O–H groups in total. The van der Waals surface area contributed by atoms with Gasteiger partial charge in [-0.2, -0.15) is 0 Å². The van der Waals surface area contributed by atoms with Gasteiger partial charge in [-0.25, -0.2) is 0 Å². The van der Waals surface area contributed by atoms with Crippen LogP contribution in [0, 0.1) is 0 Å². The Hall–Kier alpha value is -0.0800. The van der Waals surface area contributed by atoms with Crippen LogP contribution in [0.2, 0.25) is 0 Å². The average Bonchev–Trinajstić information content (AvgIpc) is 1.87. The highest BCUT2D eigenvalue weighted by molar-refractivity contribution is 4.78. The number of hydrogen-bond donors (Lipinski definition) is 1. The maximum atomic E-state index is 7.18. The molecule has 2 heteroatoms. The Labute approximate surface area is 43.9 Å². The normalized spacial score (nSPS) is 42.0. The lowest BCUT2D eigenvalue weighted by atomic mass is 10.2. The third kappa shape index (κ3) is 1.14. The van der Waals surface area contributed by atoms with Gasteiger partial charge in [0.25, 0.3) is 0 Å². The summed E-state index contributed by atoms with van der Waals surface area (Å²) < 4.78 is 0. The third-order valence-corrected chi connectivity index (χ3v) is 1.47. The monoisotopic (exact) mass is 99.1 g/mol. The first-order valence-corrected chi connectivity index (χ1v) is 2.76. The molecule has 2 nitrogen and oxygen atoms in total. The zero-order chi connectivity index (χ0) is 5.28. The van der Waals surface area contributed by atoms with E-state index >= 15 is 0 Å². The lowest BCUT2D eigenvalue weighted by molar-refractivity contribution is 0.652. The van der Waals surface area contributed by atoms with Crippen molar-refractivity contribution in [2.24, 2.45) is 5.73 Å². The van der Waals surface area contributed by atoms with Gasteiger partial charge in [0.15, 0.2) is 0 Å². The molecule has 2 atom stereocenters. The van der Waals surface area contributed by atoms with Gasteiger partial charge < -0.3 is 5.73 Å². The first kappa shape index (κ1) is 5.06. The van der Waals surface area contributed by atoms with Gasteiger partial charge in [-0.05, 0) is 19.3 Å². The van der Waals surface area contributed by atoms with E-state index in [0.29, 0.717) is 6.04 Å². The second kappa shape index (κ2) is 1.80. The van der Waals surface area contributed by atoms with Crippen molar-refractivity contribution in [3.05, 3.63) is 0 Å². The summed E-state index contributed by atoms with van der Waals surface area (Å²) in [6, 6.07) is 0.484. The molecule has 0 aromatic carbocycles. The van der Waals surface area contributed by atoms with Crippen molar-refractivity contribution in [1.29, 1.82) is 0 Å².